The summed E-state index contributed by atoms with van der Waals surface area (Å²) in [6.07, 6.45) is 5.54. The third-order valence-electron chi connectivity index (χ3n) is 6.23. The van der Waals surface area contributed by atoms with Gasteiger partial charge in [-0.15, -0.1) is 0 Å². The SMILES string of the molecule is CN=C(NCC1CCN(C)C1)N1CCC(N(CC2CC2)C(=O)OC(C)(C)C)CC1. The Balaban J connectivity index is 1.50. The summed E-state index contributed by atoms with van der Waals surface area (Å²) in [5.74, 6) is 2.37. The molecule has 7 heteroatoms. The normalized spacial score (nSPS) is 24.7. The monoisotopic (exact) mass is 407 g/mol. The summed E-state index contributed by atoms with van der Waals surface area (Å²) in [6, 6.07) is 0.267. The van der Waals surface area contributed by atoms with E-state index in [1.165, 1.54) is 25.8 Å². The molecule has 1 saturated carbocycles. The summed E-state index contributed by atoms with van der Waals surface area (Å²) in [5.41, 5.74) is -0.445. The van der Waals surface area contributed by atoms with E-state index in [9.17, 15) is 4.79 Å². The lowest BCUT2D eigenvalue weighted by Crippen LogP contribution is -2.53. The minimum Gasteiger partial charge on any atom is -0.444 e. The largest absolute Gasteiger partial charge is 0.444 e. The number of hydrogen-bond acceptors (Lipinski definition) is 4. The van der Waals surface area contributed by atoms with E-state index in [4.69, 9.17) is 4.74 Å². The van der Waals surface area contributed by atoms with Crippen molar-refractivity contribution in [1.82, 2.24) is 20.0 Å². The van der Waals surface area contributed by atoms with Crippen LogP contribution in [0.4, 0.5) is 4.79 Å². The van der Waals surface area contributed by atoms with Crippen LogP contribution in [0, 0.1) is 11.8 Å². The van der Waals surface area contributed by atoms with E-state index in [0.29, 0.717) is 11.8 Å². The number of guanidine groups is 1. The molecule has 3 fully saturated rings. The lowest BCUT2D eigenvalue weighted by molar-refractivity contribution is 0.00928. The number of nitrogens with one attached hydrogen (secondary N) is 1. The molecule has 29 heavy (non-hydrogen) atoms. The van der Waals surface area contributed by atoms with Gasteiger partial charge in [-0.25, -0.2) is 4.79 Å². The maximum absolute atomic E-state index is 12.8. The van der Waals surface area contributed by atoms with E-state index in [1.54, 1.807) is 0 Å². The van der Waals surface area contributed by atoms with E-state index < -0.39 is 5.60 Å². The molecule has 7 nitrogen and oxygen atoms in total. The topological polar surface area (TPSA) is 60.4 Å². The molecule has 3 rings (SSSR count). The highest BCUT2D eigenvalue weighted by atomic mass is 16.6. The van der Waals surface area contributed by atoms with Crippen LogP contribution in [0.2, 0.25) is 0 Å². The van der Waals surface area contributed by atoms with Crippen LogP contribution in [-0.2, 0) is 4.74 Å². The van der Waals surface area contributed by atoms with Gasteiger partial charge in [0.25, 0.3) is 0 Å². The lowest BCUT2D eigenvalue weighted by atomic mass is 10.0. The highest BCUT2D eigenvalue weighted by Crippen LogP contribution is 2.32. The van der Waals surface area contributed by atoms with Crippen LogP contribution in [-0.4, -0.2) is 91.8 Å². The molecule has 1 amide bonds. The number of ether oxygens (including phenoxy) is 1. The molecular formula is C22H41N5O2. The van der Waals surface area contributed by atoms with E-state index in [-0.39, 0.29) is 12.1 Å². The molecule has 0 aromatic heterocycles. The summed E-state index contributed by atoms with van der Waals surface area (Å²) in [6.45, 7) is 11.9. The first kappa shape index (κ1) is 22.2. The van der Waals surface area contributed by atoms with Crippen molar-refractivity contribution in [3.05, 3.63) is 0 Å². The summed E-state index contributed by atoms with van der Waals surface area (Å²) in [4.78, 5) is 24.1. The molecule has 0 bridgehead atoms. The zero-order chi connectivity index (χ0) is 21.0. The van der Waals surface area contributed by atoms with Crippen LogP contribution in [0.15, 0.2) is 4.99 Å². The zero-order valence-corrected chi connectivity index (χ0v) is 19.1. The van der Waals surface area contributed by atoms with E-state index in [0.717, 1.165) is 51.5 Å². The average molecular weight is 408 g/mol. The highest BCUT2D eigenvalue weighted by molar-refractivity contribution is 5.80. The predicted molar refractivity (Wildman–Crippen MR) is 117 cm³/mol. The molecule has 0 aromatic carbocycles. The molecule has 1 N–H and O–H groups in total. The number of aliphatic imine (C=N–C) groups is 1. The quantitative estimate of drug-likeness (QED) is 0.561. The zero-order valence-electron chi connectivity index (χ0n) is 19.1. The van der Waals surface area contributed by atoms with Gasteiger partial charge in [-0.2, -0.15) is 0 Å². The molecule has 2 aliphatic heterocycles. The second-order valence-electron chi connectivity index (χ2n) is 10.1. The molecule has 0 radical (unpaired) electrons. The van der Waals surface area contributed by atoms with Crippen LogP contribution in [0.3, 0.4) is 0 Å². The fourth-order valence-corrected chi connectivity index (χ4v) is 4.42. The fourth-order valence-electron chi connectivity index (χ4n) is 4.42. The first-order valence-corrected chi connectivity index (χ1v) is 11.4. The van der Waals surface area contributed by atoms with Crippen LogP contribution in [0.5, 0.6) is 0 Å². The Morgan fingerprint density at radius 2 is 1.79 bits per heavy atom. The Kier molecular flexibility index (Phi) is 7.30. The molecule has 0 aromatic rings. The van der Waals surface area contributed by atoms with Gasteiger partial charge in [0.15, 0.2) is 5.96 Å². The first-order valence-electron chi connectivity index (χ1n) is 11.4. The second-order valence-corrected chi connectivity index (χ2v) is 10.1. The Morgan fingerprint density at radius 3 is 2.31 bits per heavy atom. The summed E-state index contributed by atoms with van der Waals surface area (Å²) < 4.78 is 5.71. The van der Waals surface area contributed by atoms with Gasteiger partial charge >= 0.3 is 6.09 Å². The molecule has 3 aliphatic rings. The first-order chi connectivity index (χ1) is 13.7. The van der Waals surface area contributed by atoms with Crippen molar-refractivity contribution in [2.24, 2.45) is 16.8 Å². The van der Waals surface area contributed by atoms with Gasteiger partial charge in [-0.3, -0.25) is 4.99 Å². The van der Waals surface area contributed by atoms with Crippen molar-refractivity contribution in [2.45, 2.75) is 64.5 Å². The third kappa shape index (κ3) is 6.76. The maximum Gasteiger partial charge on any atom is 0.410 e. The van der Waals surface area contributed by atoms with Gasteiger partial charge in [0.05, 0.1) is 0 Å². The molecule has 0 spiro atoms. The Bertz CT molecular complexity index is 576. The number of carbonyl (C=O) groups excluding carboxylic acids is 1. The summed E-state index contributed by atoms with van der Waals surface area (Å²) in [7, 11) is 4.06. The Hall–Kier alpha value is -1.50. The van der Waals surface area contributed by atoms with Crippen molar-refractivity contribution in [3.63, 3.8) is 0 Å². The molecule has 166 valence electrons. The minimum absolute atomic E-state index is 0.143. The number of carbonyl (C=O) groups is 1. The smallest absolute Gasteiger partial charge is 0.410 e. The Morgan fingerprint density at radius 1 is 1.10 bits per heavy atom. The van der Waals surface area contributed by atoms with Gasteiger partial charge in [0, 0.05) is 45.8 Å². The Labute approximate surface area is 176 Å². The number of rotatable bonds is 5. The average Bonchev–Trinajstić information content (AvgIpc) is 3.39. The molecule has 1 unspecified atom stereocenters. The fraction of sp³-hybridized carbons (Fsp3) is 0.909. The standard InChI is InChI=1S/C22H41N5O2/c1-22(2,3)29-21(28)27(16-17-6-7-17)19-9-12-26(13-10-19)20(23-4)24-14-18-8-11-25(5)15-18/h17-19H,6-16H2,1-5H3,(H,23,24). The van der Waals surface area contributed by atoms with Gasteiger partial charge in [-0.05, 0) is 78.3 Å². The molecule has 2 heterocycles. The minimum atomic E-state index is -0.445. The number of piperidine rings is 1. The second kappa shape index (κ2) is 9.54. The van der Waals surface area contributed by atoms with Crippen LogP contribution >= 0.6 is 0 Å². The number of nitrogens with zero attached hydrogens (tertiary/aromatic N) is 4. The van der Waals surface area contributed by atoms with Crippen LogP contribution in [0.25, 0.3) is 0 Å². The van der Waals surface area contributed by atoms with Crippen molar-refractivity contribution in [2.75, 3.05) is 53.4 Å². The maximum atomic E-state index is 12.8. The predicted octanol–water partition coefficient (Wildman–Crippen LogP) is 2.63. The summed E-state index contributed by atoms with van der Waals surface area (Å²) in [5, 5.41) is 3.59. The van der Waals surface area contributed by atoms with Gasteiger partial charge in [0.1, 0.15) is 5.60 Å². The van der Waals surface area contributed by atoms with E-state index >= 15 is 0 Å². The van der Waals surface area contributed by atoms with Gasteiger partial charge < -0.3 is 24.8 Å². The lowest BCUT2D eigenvalue weighted by Gasteiger charge is -2.40. The van der Waals surface area contributed by atoms with E-state index in [2.05, 4.69) is 27.2 Å². The molecule has 1 atom stereocenters. The molecule has 2 saturated heterocycles. The van der Waals surface area contributed by atoms with Gasteiger partial charge in [0.2, 0.25) is 0 Å². The van der Waals surface area contributed by atoms with Crippen molar-refractivity contribution >= 4 is 12.1 Å². The van der Waals surface area contributed by atoms with Crippen molar-refractivity contribution in [3.8, 4) is 0 Å². The van der Waals surface area contributed by atoms with Gasteiger partial charge in [-0.1, -0.05) is 0 Å². The third-order valence-corrected chi connectivity index (χ3v) is 6.23. The van der Waals surface area contributed by atoms with E-state index in [1.807, 2.05) is 32.7 Å². The highest BCUT2D eigenvalue weighted by Gasteiger charge is 2.35. The molecular weight excluding hydrogens is 366 g/mol. The number of likely N-dealkylation sites (tertiary alicyclic amines) is 2. The number of hydrogen-bond donors (Lipinski definition) is 1. The number of amides is 1. The van der Waals surface area contributed by atoms with Crippen LogP contribution < -0.4 is 5.32 Å². The molecule has 1 aliphatic carbocycles. The van der Waals surface area contributed by atoms with Crippen molar-refractivity contribution < 1.29 is 9.53 Å². The van der Waals surface area contributed by atoms with Crippen molar-refractivity contribution in [1.29, 1.82) is 0 Å². The van der Waals surface area contributed by atoms with Crippen LogP contribution in [0.1, 0.15) is 52.9 Å². The summed E-state index contributed by atoms with van der Waals surface area (Å²) >= 11 is 0.